The van der Waals surface area contributed by atoms with Crippen molar-refractivity contribution in [2.24, 2.45) is 5.92 Å². The van der Waals surface area contributed by atoms with Crippen molar-refractivity contribution in [3.05, 3.63) is 47.7 Å². The Balaban J connectivity index is 2.10. The molecule has 0 spiro atoms. The van der Waals surface area contributed by atoms with Gasteiger partial charge in [0.2, 0.25) is 8.32 Å². The van der Waals surface area contributed by atoms with E-state index < -0.39 is 8.32 Å². The van der Waals surface area contributed by atoms with Crippen LogP contribution in [0, 0.1) is 5.92 Å². The van der Waals surface area contributed by atoms with Gasteiger partial charge in [-0.25, -0.2) is 0 Å². The third-order valence-electron chi connectivity index (χ3n) is 5.86. The maximum absolute atomic E-state index is 6.60. The van der Waals surface area contributed by atoms with Crippen LogP contribution in [0.1, 0.15) is 59.9 Å². The molecule has 0 bridgehead atoms. The highest BCUT2D eigenvalue weighted by Crippen LogP contribution is 2.42. The van der Waals surface area contributed by atoms with Crippen LogP contribution in [0.2, 0.25) is 18.1 Å². The Labute approximate surface area is 155 Å². The summed E-state index contributed by atoms with van der Waals surface area (Å²) in [6, 6.07) is 10.5. The van der Waals surface area contributed by atoms with Crippen LogP contribution >= 0.6 is 0 Å². The second kappa shape index (κ2) is 7.28. The smallest absolute Gasteiger partial charge is 0.250 e. The molecular weight excluding hydrogens is 324 g/mol. The highest BCUT2D eigenvalue weighted by atomic mass is 28.4. The molecule has 1 aliphatic carbocycles. The Morgan fingerprint density at radius 2 is 1.64 bits per heavy atom. The molecule has 0 amide bonds. The van der Waals surface area contributed by atoms with Crippen LogP contribution < -0.4 is 0 Å². The third-order valence-corrected chi connectivity index (χ3v) is 10.2. The van der Waals surface area contributed by atoms with Gasteiger partial charge in [0.05, 0.1) is 17.5 Å². The highest BCUT2D eigenvalue weighted by Gasteiger charge is 2.42. The number of ether oxygens (including phenoxy) is 1. The standard InChI is InChI=1S/C22H36O2Si/c1-9-17-15-19(24-25(7,8)21(2,3)4)16-20(17)23-22(5,6)18-13-11-10-12-14-18/h10-15,17,20H,9,16H2,1-8H3/t17-,20-/m1/s1. The Bertz CT molecular complexity index is 596. The molecule has 2 nitrogen and oxygen atoms in total. The van der Waals surface area contributed by atoms with Crippen LogP contribution in [-0.2, 0) is 14.8 Å². The maximum atomic E-state index is 6.60. The van der Waals surface area contributed by atoms with Crippen molar-refractivity contribution in [1.29, 1.82) is 0 Å². The van der Waals surface area contributed by atoms with Crippen molar-refractivity contribution in [3.63, 3.8) is 0 Å². The highest BCUT2D eigenvalue weighted by molar-refractivity contribution is 6.74. The van der Waals surface area contributed by atoms with E-state index in [1.165, 1.54) is 5.56 Å². The lowest BCUT2D eigenvalue weighted by atomic mass is 9.96. The minimum absolute atomic E-state index is 0.194. The van der Waals surface area contributed by atoms with E-state index >= 15 is 0 Å². The average Bonchev–Trinajstić information content (AvgIpc) is 2.87. The van der Waals surface area contributed by atoms with E-state index in [9.17, 15) is 0 Å². The fraction of sp³-hybridized carbons (Fsp3) is 0.636. The summed E-state index contributed by atoms with van der Waals surface area (Å²) in [6.45, 7) is 18.1. The van der Waals surface area contributed by atoms with Crippen LogP contribution in [0.15, 0.2) is 42.2 Å². The van der Waals surface area contributed by atoms with E-state index in [1.54, 1.807) is 0 Å². The quantitative estimate of drug-likeness (QED) is 0.529. The van der Waals surface area contributed by atoms with Gasteiger partial charge in [0.25, 0.3) is 0 Å². The number of benzene rings is 1. The van der Waals surface area contributed by atoms with E-state index in [-0.39, 0.29) is 16.7 Å². The molecule has 2 rings (SSSR count). The van der Waals surface area contributed by atoms with Gasteiger partial charge in [-0.15, -0.1) is 0 Å². The second-order valence-corrected chi connectivity index (χ2v) is 14.0. The molecule has 0 N–H and O–H groups in total. The molecule has 0 heterocycles. The lowest BCUT2D eigenvalue weighted by Gasteiger charge is -2.37. The summed E-state index contributed by atoms with van der Waals surface area (Å²) < 4.78 is 13.2. The minimum Gasteiger partial charge on any atom is -0.547 e. The van der Waals surface area contributed by atoms with Gasteiger partial charge >= 0.3 is 0 Å². The van der Waals surface area contributed by atoms with Crippen LogP contribution in [0.3, 0.4) is 0 Å². The Hall–Kier alpha value is -1.06. The molecule has 1 aromatic rings. The van der Waals surface area contributed by atoms with Crippen molar-refractivity contribution in [2.45, 2.75) is 84.2 Å². The minimum atomic E-state index is -1.79. The molecule has 0 unspecified atom stereocenters. The van der Waals surface area contributed by atoms with Crippen LogP contribution in [0.5, 0.6) is 0 Å². The molecular formula is C22H36O2Si. The van der Waals surface area contributed by atoms with Crippen LogP contribution in [-0.4, -0.2) is 14.4 Å². The number of hydrogen-bond donors (Lipinski definition) is 0. The predicted octanol–water partition coefficient (Wildman–Crippen LogP) is 6.64. The van der Waals surface area contributed by atoms with Gasteiger partial charge in [-0.1, -0.05) is 58.0 Å². The van der Waals surface area contributed by atoms with Gasteiger partial charge in [-0.05, 0) is 50.0 Å². The van der Waals surface area contributed by atoms with Crippen molar-refractivity contribution < 1.29 is 9.16 Å². The summed E-state index contributed by atoms with van der Waals surface area (Å²) >= 11 is 0. The molecule has 25 heavy (non-hydrogen) atoms. The van der Waals surface area contributed by atoms with Crippen molar-refractivity contribution in [3.8, 4) is 0 Å². The largest absolute Gasteiger partial charge is 0.547 e. The molecule has 3 heteroatoms. The van der Waals surface area contributed by atoms with Gasteiger partial charge in [-0.3, -0.25) is 0 Å². The van der Waals surface area contributed by atoms with Gasteiger partial charge in [-0.2, -0.15) is 0 Å². The zero-order chi connectivity index (χ0) is 18.9. The molecule has 1 aromatic carbocycles. The molecule has 2 atom stereocenters. The van der Waals surface area contributed by atoms with E-state index in [1.807, 2.05) is 0 Å². The SMILES string of the molecule is CC[C@@H]1C=C(O[Si](C)(C)C(C)(C)C)C[C@H]1OC(C)(C)c1ccccc1. The summed E-state index contributed by atoms with van der Waals surface area (Å²) in [7, 11) is -1.79. The lowest BCUT2D eigenvalue weighted by Crippen LogP contribution is -2.40. The Morgan fingerprint density at radius 3 is 2.16 bits per heavy atom. The normalized spacial score (nSPS) is 22.0. The number of rotatable bonds is 6. The lowest BCUT2D eigenvalue weighted by molar-refractivity contribution is -0.0893. The molecule has 0 saturated carbocycles. The van der Waals surface area contributed by atoms with Crippen LogP contribution in [0.4, 0.5) is 0 Å². The van der Waals surface area contributed by atoms with Gasteiger partial charge < -0.3 is 9.16 Å². The fourth-order valence-electron chi connectivity index (χ4n) is 3.12. The molecule has 0 fully saturated rings. The first kappa shape index (κ1) is 20.3. The first-order chi connectivity index (χ1) is 11.5. The third kappa shape index (κ3) is 4.76. The Morgan fingerprint density at radius 1 is 1.04 bits per heavy atom. The Kier molecular flexibility index (Phi) is 5.90. The maximum Gasteiger partial charge on any atom is 0.250 e. The van der Waals surface area contributed by atoms with E-state index in [2.05, 4.69) is 91.0 Å². The van der Waals surface area contributed by atoms with Gasteiger partial charge in [0.1, 0.15) is 0 Å². The molecule has 0 radical (unpaired) electrons. The monoisotopic (exact) mass is 360 g/mol. The molecule has 0 aliphatic heterocycles. The van der Waals surface area contributed by atoms with Crippen molar-refractivity contribution in [2.75, 3.05) is 0 Å². The topological polar surface area (TPSA) is 18.5 Å². The van der Waals surface area contributed by atoms with Gasteiger partial charge in [0, 0.05) is 12.3 Å². The zero-order valence-corrected chi connectivity index (χ0v) is 18.3. The summed E-state index contributed by atoms with van der Waals surface area (Å²) in [5, 5.41) is 0.220. The summed E-state index contributed by atoms with van der Waals surface area (Å²) in [6.07, 6.45) is 4.49. The average molecular weight is 361 g/mol. The fourth-order valence-corrected chi connectivity index (χ4v) is 4.23. The first-order valence-electron chi connectivity index (χ1n) is 9.59. The summed E-state index contributed by atoms with van der Waals surface area (Å²) in [4.78, 5) is 0. The van der Waals surface area contributed by atoms with Crippen molar-refractivity contribution >= 4 is 8.32 Å². The van der Waals surface area contributed by atoms with Crippen molar-refractivity contribution in [1.82, 2.24) is 0 Å². The second-order valence-electron chi connectivity index (χ2n) is 9.30. The predicted molar refractivity (Wildman–Crippen MR) is 109 cm³/mol. The first-order valence-corrected chi connectivity index (χ1v) is 12.5. The molecule has 140 valence electrons. The van der Waals surface area contributed by atoms with Crippen LogP contribution in [0.25, 0.3) is 0 Å². The van der Waals surface area contributed by atoms with Gasteiger partial charge in [0.15, 0.2) is 0 Å². The molecule has 0 aromatic heterocycles. The zero-order valence-electron chi connectivity index (χ0n) is 17.3. The number of hydrogen-bond acceptors (Lipinski definition) is 2. The summed E-state index contributed by atoms with van der Waals surface area (Å²) in [5.74, 6) is 1.58. The van der Waals surface area contributed by atoms with E-state index in [0.29, 0.717) is 5.92 Å². The van der Waals surface area contributed by atoms with E-state index in [4.69, 9.17) is 9.16 Å². The molecule has 1 aliphatic rings. The summed E-state index contributed by atoms with van der Waals surface area (Å²) in [5.41, 5.74) is 0.934. The molecule has 0 saturated heterocycles. The van der Waals surface area contributed by atoms with E-state index in [0.717, 1.165) is 18.6 Å².